The SMILES string of the molecule is CCOCC(O)CNc1nc(N)nc(CC)c1C. The zero-order chi connectivity index (χ0) is 13.5. The summed E-state index contributed by atoms with van der Waals surface area (Å²) in [5, 5.41) is 12.7. The van der Waals surface area contributed by atoms with Gasteiger partial charge in [0.1, 0.15) is 5.82 Å². The number of rotatable bonds is 7. The van der Waals surface area contributed by atoms with Crippen molar-refractivity contribution in [3.63, 3.8) is 0 Å². The number of aryl methyl sites for hydroxylation is 1. The molecule has 0 saturated carbocycles. The Balaban J connectivity index is 2.64. The summed E-state index contributed by atoms with van der Waals surface area (Å²) in [7, 11) is 0. The Bertz CT molecular complexity index is 385. The van der Waals surface area contributed by atoms with Crippen molar-refractivity contribution in [3.8, 4) is 0 Å². The third-order valence-electron chi connectivity index (χ3n) is 2.62. The van der Waals surface area contributed by atoms with Crippen LogP contribution >= 0.6 is 0 Å². The molecule has 1 atom stereocenters. The van der Waals surface area contributed by atoms with E-state index in [1.807, 2.05) is 20.8 Å². The summed E-state index contributed by atoms with van der Waals surface area (Å²) in [5.74, 6) is 0.925. The standard InChI is InChI=1S/C12H22N4O2/c1-4-10-8(3)11(16-12(13)15-10)14-6-9(17)7-18-5-2/h9,17H,4-7H2,1-3H3,(H3,13,14,15,16). The van der Waals surface area contributed by atoms with E-state index in [1.165, 1.54) is 0 Å². The molecule has 0 aliphatic heterocycles. The fourth-order valence-corrected chi connectivity index (χ4v) is 1.63. The minimum absolute atomic E-state index is 0.249. The molecule has 6 heteroatoms. The van der Waals surface area contributed by atoms with E-state index in [4.69, 9.17) is 10.5 Å². The lowest BCUT2D eigenvalue weighted by Crippen LogP contribution is -2.25. The summed E-state index contributed by atoms with van der Waals surface area (Å²) >= 11 is 0. The van der Waals surface area contributed by atoms with E-state index in [1.54, 1.807) is 0 Å². The average Bonchev–Trinajstić information content (AvgIpc) is 2.36. The van der Waals surface area contributed by atoms with E-state index in [2.05, 4.69) is 15.3 Å². The zero-order valence-electron chi connectivity index (χ0n) is 11.2. The Morgan fingerprint density at radius 2 is 2.11 bits per heavy atom. The second-order valence-electron chi connectivity index (χ2n) is 4.05. The second kappa shape index (κ2) is 7.13. The lowest BCUT2D eigenvalue weighted by Gasteiger charge is -2.15. The molecular weight excluding hydrogens is 232 g/mol. The summed E-state index contributed by atoms with van der Waals surface area (Å²) in [4.78, 5) is 8.31. The van der Waals surface area contributed by atoms with Gasteiger partial charge in [-0.2, -0.15) is 4.98 Å². The Morgan fingerprint density at radius 3 is 2.72 bits per heavy atom. The van der Waals surface area contributed by atoms with Gasteiger partial charge in [-0.1, -0.05) is 6.92 Å². The molecule has 1 rings (SSSR count). The van der Waals surface area contributed by atoms with Gasteiger partial charge in [-0.3, -0.25) is 0 Å². The molecule has 0 bridgehead atoms. The molecule has 0 aromatic carbocycles. The van der Waals surface area contributed by atoms with E-state index in [0.717, 1.165) is 17.7 Å². The van der Waals surface area contributed by atoms with Crippen LogP contribution in [0.5, 0.6) is 0 Å². The molecule has 1 aromatic heterocycles. The molecule has 1 aromatic rings. The first-order valence-electron chi connectivity index (χ1n) is 6.21. The minimum Gasteiger partial charge on any atom is -0.389 e. The maximum atomic E-state index is 9.67. The van der Waals surface area contributed by atoms with Gasteiger partial charge in [-0.15, -0.1) is 0 Å². The van der Waals surface area contributed by atoms with Crippen LogP contribution in [-0.2, 0) is 11.2 Å². The van der Waals surface area contributed by atoms with Gasteiger partial charge in [0.05, 0.1) is 18.4 Å². The molecular formula is C12H22N4O2. The van der Waals surface area contributed by atoms with Crippen LogP contribution in [-0.4, -0.2) is 40.9 Å². The van der Waals surface area contributed by atoms with Crippen molar-refractivity contribution in [2.75, 3.05) is 30.8 Å². The van der Waals surface area contributed by atoms with Crippen molar-refractivity contribution in [1.29, 1.82) is 0 Å². The number of aromatic nitrogens is 2. The highest BCUT2D eigenvalue weighted by atomic mass is 16.5. The highest BCUT2D eigenvalue weighted by Gasteiger charge is 2.10. The van der Waals surface area contributed by atoms with E-state index < -0.39 is 6.10 Å². The predicted octanol–water partition coefficient (Wildman–Crippen LogP) is 0.739. The second-order valence-corrected chi connectivity index (χ2v) is 4.05. The number of hydrogen-bond acceptors (Lipinski definition) is 6. The van der Waals surface area contributed by atoms with Crippen molar-refractivity contribution >= 4 is 11.8 Å². The number of nitrogens with two attached hydrogens (primary N) is 1. The van der Waals surface area contributed by atoms with E-state index in [0.29, 0.717) is 25.6 Å². The van der Waals surface area contributed by atoms with Gasteiger partial charge in [0, 0.05) is 18.7 Å². The number of nitrogen functional groups attached to an aromatic ring is 1. The zero-order valence-corrected chi connectivity index (χ0v) is 11.2. The lowest BCUT2D eigenvalue weighted by atomic mass is 10.2. The molecule has 1 heterocycles. The van der Waals surface area contributed by atoms with Crippen molar-refractivity contribution < 1.29 is 9.84 Å². The van der Waals surface area contributed by atoms with Crippen LogP contribution in [0.25, 0.3) is 0 Å². The lowest BCUT2D eigenvalue weighted by molar-refractivity contribution is 0.0495. The summed E-state index contributed by atoms with van der Waals surface area (Å²) < 4.78 is 5.14. The molecule has 0 fully saturated rings. The molecule has 102 valence electrons. The van der Waals surface area contributed by atoms with Crippen molar-refractivity contribution in [3.05, 3.63) is 11.3 Å². The first kappa shape index (κ1) is 14.7. The summed E-state index contributed by atoms with van der Waals surface area (Å²) in [6, 6.07) is 0. The van der Waals surface area contributed by atoms with Crippen LogP contribution in [0.4, 0.5) is 11.8 Å². The van der Waals surface area contributed by atoms with Crippen LogP contribution in [0.1, 0.15) is 25.1 Å². The fourth-order valence-electron chi connectivity index (χ4n) is 1.63. The normalized spacial score (nSPS) is 12.4. The van der Waals surface area contributed by atoms with Gasteiger partial charge in [0.15, 0.2) is 0 Å². The van der Waals surface area contributed by atoms with Gasteiger partial charge in [0.2, 0.25) is 5.95 Å². The summed E-state index contributed by atoms with van der Waals surface area (Å²) in [6.07, 6.45) is 0.236. The Kier molecular flexibility index (Phi) is 5.80. The van der Waals surface area contributed by atoms with E-state index in [9.17, 15) is 5.11 Å². The van der Waals surface area contributed by atoms with Crippen molar-refractivity contribution in [2.45, 2.75) is 33.3 Å². The quantitative estimate of drug-likeness (QED) is 0.664. The first-order chi connectivity index (χ1) is 8.58. The van der Waals surface area contributed by atoms with E-state index in [-0.39, 0.29) is 5.95 Å². The molecule has 0 spiro atoms. The van der Waals surface area contributed by atoms with Gasteiger partial charge >= 0.3 is 0 Å². The van der Waals surface area contributed by atoms with Crippen LogP contribution in [0.15, 0.2) is 0 Å². The number of aliphatic hydroxyl groups excluding tert-OH is 1. The fraction of sp³-hybridized carbons (Fsp3) is 0.667. The van der Waals surface area contributed by atoms with Crippen LogP contribution in [0, 0.1) is 6.92 Å². The maximum absolute atomic E-state index is 9.67. The van der Waals surface area contributed by atoms with Crippen molar-refractivity contribution in [2.24, 2.45) is 0 Å². The van der Waals surface area contributed by atoms with Crippen LogP contribution < -0.4 is 11.1 Å². The molecule has 0 amide bonds. The number of anilines is 2. The molecule has 0 aliphatic carbocycles. The molecule has 0 saturated heterocycles. The monoisotopic (exact) mass is 254 g/mol. The van der Waals surface area contributed by atoms with E-state index >= 15 is 0 Å². The molecule has 6 nitrogen and oxygen atoms in total. The highest BCUT2D eigenvalue weighted by molar-refractivity contribution is 5.48. The van der Waals surface area contributed by atoms with Gasteiger partial charge < -0.3 is 20.9 Å². The third kappa shape index (κ3) is 4.12. The highest BCUT2D eigenvalue weighted by Crippen LogP contribution is 2.16. The topological polar surface area (TPSA) is 93.3 Å². The van der Waals surface area contributed by atoms with Gasteiger partial charge in [-0.05, 0) is 20.3 Å². The van der Waals surface area contributed by atoms with Gasteiger partial charge in [0.25, 0.3) is 0 Å². The average molecular weight is 254 g/mol. The maximum Gasteiger partial charge on any atom is 0.222 e. The number of ether oxygens (including phenoxy) is 1. The summed E-state index contributed by atoms with van der Waals surface area (Å²) in [6.45, 7) is 7.13. The number of nitrogens with one attached hydrogen (secondary N) is 1. The Hall–Kier alpha value is -1.40. The van der Waals surface area contributed by atoms with Crippen LogP contribution in [0.2, 0.25) is 0 Å². The number of hydrogen-bond donors (Lipinski definition) is 3. The Labute approximate surface area is 108 Å². The molecule has 18 heavy (non-hydrogen) atoms. The number of aliphatic hydroxyl groups is 1. The number of nitrogens with zero attached hydrogens (tertiary/aromatic N) is 2. The smallest absolute Gasteiger partial charge is 0.222 e. The van der Waals surface area contributed by atoms with Crippen LogP contribution in [0.3, 0.4) is 0 Å². The summed E-state index contributed by atoms with van der Waals surface area (Å²) in [5.41, 5.74) is 7.53. The Morgan fingerprint density at radius 1 is 1.39 bits per heavy atom. The largest absolute Gasteiger partial charge is 0.389 e. The molecule has 1 unspecified atom stereocenters. The first-order valence-corrected chi connectivity index (χ1v) is 6.21. The predicted molar refractivity (Wildman–Crippen MR) is 71.5 cm³/mol. The molecule has 0 aliphatic rings. The third-order valence-corrected chi connectivity index (χ3v) is 2.62. The molecule has 4 N–H and O–H groups in total. The molecule has 0 radical (unpaired) electrons. The van der Waals surface area contributed by atoms with Crippen molar-refractivity contribution in [1.82, 2.24) is 9.97 Å². The van der Waals surface area contributed by atoms with Gasteiger partial charge in [-0.25, -0.2) is 4.98 Å². The minimum atomic E-state index is -0.564.